The van der Waals surface area contributed by atoms with Crippen molar-refractivity contribution in [1.82, 2.24) is 4.90 Å². The number of nitrogens with zero attached hydrogens (tertiary/aromatic N) is 2. The number of amides is 1. The molecule has 0 radical (unpaired) electrons. The summed E-state index contributed by atoms with van der Waals surface area (Å²) in [5, 5.41) is 10.2. The van der Waals surface area contributed by atoms with Gasteiger partial charge in [-0.05, 0) is 55.7 Å². The van der Waals surface area contributed by atoms with Crippen LogP contribution in [0.2, 0.25) is 0 Å². The lowest BCUT2D eigenvalue weighted by atomic mass is 9.91. The molecule has 1 N–H and O–H groups in total. The maximum atomic E-state index is 12.9. The van der Waals surface area contributed by atoms with E-state index in [9.17, 15) is 18.3 Å². The number of carbonyl (C=O) groups is 1. The molecule has 0 saturated heterocycles. The highest BCUT2D eigenvalue weighted by molar-refractivity contribution is 7.92. The van der Waals surface area contributed by atoms with Crippen molar-refractivity contribution >= 4 is 21.6 Å². The molecule has 0 bridgehead atoms. The van der Waals surface area contributed by atoms with E-state index in [1.54, 1.807) is 67.4 Å². The third-order valence-electron chi connectivity index (χ3n) is 5.70. The van der Waals surface area contributed by atoms with Crippen molar-refractivity contribution in [2.75, 3.05) is 18.4 Å². The Morgan fingerprint density at radius 2 is 1.69 bits per heavy atom. The second-order valence-electron chi connectivity index (χ2n) is 7.62. The molecule has 1 amide bonds. The molecule has 3 rings (SSSR count). The van der Waals surface area contributed by atoms with Crippen molar-refractivity contribution in [3.8, 4) is 0 Å². The maximum Gasteiger partial charge on any atom is 0.264 e. The highest BCUT2D eigenvalue weighted by Gasteiger charge is 2.30. The average Bonchev–Trinajstić information content (AvgIpc) is 2.73. The molecule has 29 heavy (non-hydrogen) atoms. The first-order chi connectivity index (χ1) is 13.7. The van der Waals surface area contributed by atoms with E-state index >= 15 is 0 Å². The zero-order valence-electron chi connectivity index (χ0n) is 17.1. The third kappa shape index (κ3) is 4.31. The molecule has 2 aromatic rings. The average molecular weight is 417 g/mol. The van der Waals surface area contributed by atoms with Crippen LogP contribution in [0.15, 0.2) is 53.4 Å². The quantitative estimate of drug-likeness (QED) is 0.812. The molecule has 156 valence electrons. The second kappa shape index (κ2) is 8.55. The minimum absolute atomic E-state index is 0.167. The molecule has 2 aromatic carbocycles. The van der Waals surface area contributed by atoms with E-state index < -0.39 is 16.1 Å². The maximum absolute atomic E-state index is 12.9. The van der Waals surface area contributed by atoms with Crippen LogP contribution in [0.4, 0.5) is 5.69 Å². The highest BCUT2D eigenvalue weighted by Crippen LogP contribution is 2.28. The molecule has 6 nitrogen and oxygen atoms in total. The zero-order chi connectivity index (χ0) is 21.2. The van der Waals surface area contributed by atoms with Crippen LogP contribution in [0.5, 0.6) is 0 Å². The number of aliphatic hydroxyl groups excluding tert-OH is 1. The van der Waals surface area contributed by atoms with E-state index in [0.29, 0.717) is 23.2 Å². The largest absolute Gasteiger partial charge is 0.391 e. The van der Waals surface area contributed by atoms with E-state index in [4.69, 9.17) is 0 Å². The van der Waals surface area contributed by atoms with Gasteiger partial charge in [-0.1, -0.05) is 31.0 Å². The van der Waals surface area contributed by atoms with Crippen LogP contribution >= 0.6 is 0 Å². The van der Waals surface area contributed by atoms with Gasteiger partial charge in [-0.3, -0.25) is 9.10 Å². The third-order valence-corrected chi connectivity index (χ3v) is 7.48. The fourth-order valence-electron chi connectivity index (χ4n) is 3.92. The van der Waals surface area contributed by atoms with Gasteiger partial charge in [0.05, 0.1) is 22.7 Å². The van der Waals surface area contributed by atoms with Crippen LogP contribution in [-0.2, 0) is 10.0 Å². The summed E-state index contributed by atoms with van der Waals surface area (Å²) in [6, 6.07) is 13.1. The van der Waals surface area contributed by atoms with Gasteiger partial charge in [-0.2, -0.15) is 0 Å². The van der Waals surface area contributed by atoms with Gasteiger partial charge in [0.15, 0.2) is 0 Å². The van der Waals surface area contributed by atoms with Crippen LogP contribution in [0.25, 0.3) is 0 Å². The number of hydrogen-bond donors (Lipinski definition) is 1. The number of likely N-dealkylation sites (N-methyl/N-ethyl adjacent to an activating group) is 1. The van der Waals surface area contributed by atoms with Crippen LogP contribution in [0, 0.1) is 6.92 Å². The Labute approximate surface area is 172 Å². The summed E-state index contributed by atoms with van der Waals surface area (Å²) >= 11 is 0. The van der Waals surface area contributed by atoms with Gasteiger partial charge in [-0.25, -0.2) is 8.42 Å². The molecule has 0 aliphatic heterocycles. The number of anilines is 1. The Kier molecular flexibility index (Phi) is 6.29. The predicted octanol–water partition coefficient (Wildman–Crippen LogP) is 3.20. The van der Waals surface area contributed by atoms with Gasteiger partial charge >= 0.3 is 0 Å². The van der Waals surface area contributed by atoms with Crippen LogP contribution < -0.4 is 4.31 Å². The van der Waals surface area contributed by atoms with Gasteiger partial charge in [0.25, 0.3) is 15.9 Å². The Bertz CT molecular complexity index is 976. The molecule has 0 spiro atoms. The van der Waals surface area contributed by atoms with Crippen LogP contribution in [-0.4, -0.2) is 50.6 Å². The van der Waals surface area contributed by atoms with E-state index in [-0.39, 0.29) is 16.8 Å². The fraction of sp³-hybridized carbons (Fsp3) is 0.409. The fourth-order valence-corrected chi connectivity index (χ4v) is 5.20. The summed E-state index contributed by atoms with van der Waals surface area (Å²) < 4.78 is 27.0. The van der Waals surface area contributed by atoms with Crippen molar-refractivity contribution in [3.63, 3.8) is 0 Å². The normalized spacial score (nSPS) is 19.6. The molecule has 1 saturated carbocycles. The number of carbonyl (C=O) groups excluding carboxylic acids is 1. The summed E-state index contributed by atoms with van der Waals surface area (Å²) in [5.74, 6) is -0.167. The van der Waals surface area contributed by atoms with Crippen molar-refractivity contribution in [2.45, 2.75) is 49.6 Å². The van der Waals surface area contributed by atoms with E-state index in [2.05, 4.69) is 0 Å². The Morgan fingerprint density at radius 3 is 2.31 bits per heavy atom. The van der Waals surface area contributed by atoms with Crippen molar-refractivity contribution in [2.24, 2.45) is 0 Å². The first-order valence-electron chi connectivity index (χ1n) is 9.83. The molecule has 2 unspecified atom stereocenters. The number of hydrogen-bond acceptors (Lipinski definition) is 4. The first-order valence-corrected chi connectivity index (χ1v) is 11.3. The Balaban J connectivity index is 1.84. The first kappa shape index (κ1) is 21.3. The van der Waals surface area contributed by atoms with Gasteiger partial charge in [0.1, 0.15) is 0 Å². The molecule has 0 heterocycles. The molecule has 7 heteroatoms. The van der Waals surface area contributed by atoms with E-state index in [1.807, 2.05) is 0 Å². The number of aryl methyl sites for hydroxylation is 1. The molecule has 1 aliphatic carbocycles. The summed E-state index contributed by atoms with van der Waals surface area (Å²) in [6.07, 6.45) is 2.98. The van der Waals surface area contributed by atoms with Gasteiger partial charge in [0.2, 0.25) is 0 Å². The minimum Gasteiger partial charge on any atom is -0.391 e. The topological polar surface area (TPSA) is 77.9 Å². The summed E-state index contributed by atoms with van der Waals surface area (Å²) in [6.45, 7) is 1.79. The predicted molar refractivity (Wildman–Crippen MR) is 114 cm³/mol. The Morgan fingerprint density at radius 1 is 1.03 bits per heavy atom. The summed E-state index contributed by atoms with van der Waals surface area (Å²) in [4.78, 5) is 14.8. The van der Waals surface area contributed by atoms with E-state index in [0.717, 1.165) is 19.3 Å². The lowest BCUT2D eigenvalue weighted by molar-refractivity contribution is 0.0268. The number of benzene rings is 2. The smallest absolute Gasteiger partial charge is 0.264 e. The highest BCUT2D eigenvalue weighted by atomic mass is 32.2. The lowest BCUT2D eigenvalue weighted by Crippen LogP contribution is -2.46. The van der Waals surface area contributed by atoms with Gasteiger partial charge in [-0.15, -0.1) is 0 Å². The number of rotatable bonds is 5. The number of sulfonamides is 1. The van der Waals surface area contributed by atoms with Crippen LogP contribution in [0.1, 0.15) is 41.6 Å². The SMILES string of the molecule is Cc1cc(C(=O)N(C)C2CCCCC2O)ccc1N(C)S(=O)(=O)c1ccccc1. The second-order valence-corrected chi connectivity index (χ2v) is 9.59. The van der Waals surface area contributed by atoms with Crippen molar-refractivity contribution in [1.29, 1.82) is 0 Å². The standard InChI is InChI=1S/C22H28N2O4S/c1-16-15-17(22(26)23(2)20-11-7-8-12-21(20)25)13-14-19(16)24(3)29(27,28)18-9-5-4-6-10-18/h4-6,9-10,13-15,20-21,25H,7-8,11-12H2,1-3H3. The monoisotopic (exact) mass is 416 g/mol. The van der Waals surface area contributed by atoms with Crippen molar-refractivity contribution in [3.05, 3.63) is 59.7 Å². The minimum atomic E-state index is -3.68. The van der Waals surface area contributed by atoms with E-state index in [1.165, 1.54) is 11.4 Å². The lowest BCUT2D eigenvalue weighted by Gasteiger charge is -2.35. The molecule has 0 aromatic heterocycles. The summed E-state index contributed by atoms with van der Waals surface area (Å²) in [7, 11) is -0.454. The molecule has 1 aliphatic rings. The number of aliphatic hydroxyl groups is 1. The molecule has 1 fully saturated rings. The summed E-state index contributed by atoms with van der Waals surface area (Å²) in [5.41, 5.74) is 1.69. The van der Waals surface area contributed by atoms with Gasteiger partial charge < -0.3 is 10.0 Å². The van der Waals surface area contributed by atoms with Crippen LogP contribution in [0.3, 0.4) is 0 Å². The molecule has 2 atom stereocenters. The Hall–Kier alpha value is -2.38. The zero-order valence-corrected chi connectivity index (χ0v) is 17.9. The molecular weight excluding hydrogens is 388 g/mol. The van der Waals surface area contributed by atoms with Crippen molar-refractivity contribution < 1.29 is 18.3 Å². The molecular formula is C22H28N2O4S. The van der Waals surface area contributed by atoms with Gasteiger partial charge in [0, 0.05) is 19.7 Å².